The largest absolute Gasteiger partial charge is 0.373 e. The lowest BCUT2D eigenvalue weighted by molar-refractivity contribution is -0.0150. The molecule has 0 radical (unpaired) electrons. The Morgan fingerprint density at radius 2 is 2.18 bits per heavy atom. The Bertz CT molecular complexity index is 455. The van der Waals surface area contributed by atoms with Gasteiger partial charge >= 0.3 is 0 Å². The molecule has 1 aromatic heterocycles. The van der Waals surface area contributed by atoms with Gasteiger partial charge in [-0.25, -0.2) is 18.2 Å². The number of nitrogens with zero attached hydrogens (tertiary/aromatic N) is 2. The van der Waals surface area contributed by atoms with Crippen LogP contribution in [0, 0.1) is 5.82 Å². The molecule has 3 nitrogen and oxygen atoms in total. The lowest BCUT2D eigenvalue weighted by atomic mass is 9.95. The van der Waals surface area contributed by atoms with Crippen molar-refractivity contribution < 1.29 is 17.9 Å². The third-order valence-electron chi connectivity index (χ3n) is 2.42. The van der Waals surface area contributed by atoms with Crippen LogP contribution in [0.25, 0.3) is 0 Å². The summed E-state index contributed by atoms with van der Waals surface area (Å²) < 4.78 is 45.1. The van der Waals surface area contributed by atoms with Crippen molar-refractivity contribution in [1.29, 1.82) is 0 Å². The highest BCUT2D eigenvalue weighted by molar-refractivity contribution is 9.10. The lowest BCUT2D eigenvalue weighted by Gasteiger charge is -2.30. The van der Waals surface area contributed by atoms with E-state index in [1.54, 1.807) is 0 Å². The van der Waals surface area contributed by atoms with Crippen LogP contribution in [-0.2, 0) is 10.3 Å². The minimum atomic E-state index is -2.89. The monoisotopic (exact) mass is 308 g/mol. The zero-order chi connectivity index (χ0) is 12.5. The third-order valence-corrected chi connectivity index (χ3v) is 2.86. The van der Waals surface area contributed by atoms with Gasteiger partial charge in [0.1, 0.15) is 16.1 Å². The van der Waals surface area contributed by atoms with Crippen molar-refractivity contribution in [3.05, 3.63) is 28.2 Å². The smallest absolute Gasteiger partial charge is 0.271 e. The predicted molar refractivity (Wildman–Crippen MR) is 58.9 cm³/mol. The zero-order valence-electron chi connectivity index (χ0n) is 8.54. The fourth-order valence-electron chi connectivity index (χ4n) is 1.58. The topological polar surface area (TPSA) is 34.5 Å². The van der Waals surface area contributed by atoms with Crippen LogP contribution in [0.3, 0.4) is 0 Å². The van der Waals surface area contributed by atoms with Gasteiger partial charge in [-0.1, -0.05) is 0 Å². The number of hydrogen-bond acceptors (Lipinski definition) is 3. The number of rotatable bonds is 2. The lowest BCUT2D eigenvalue weighted by Crippen LogP contribution is -2.42. The Morgan fingerprint density at radius 1 is 1.41 bits per heavy atom. The van der Waals surface area contributed by atoms with Crippen molar-refractivity contribution in [1.82, 2.24) is 4.98 Å². The van der Waals surface area contributed by atoms with Crippen molar-refractivity contribution in [3.8, 4) is 0 Å². The minimum absolute atomic E-state index is 0.143. The van der Waals surface area contributed by atoms with Gasteiger partial charge in [-0.15, -0.1) is 0 Å². The summed E-state index contributed by atoms with van der Waals surface area (Å²) in [4.78, 5) is 7.47. The van der Waals surface area contributed by atoms with E-state index in [1.807, 2.05) is 0 Å². The van der Waals surface area contributed by atoms with E-state index < -0.39 is 23.5 Å². The van der Waals surface area contributed by atoms with Gasteiger partial charge in [0.15, 0.2) is 5.54 Å². The second-order valence-corrected chi connectivity index (χ2v) is 4.33. The zero-order valence-corrected chi connectivity index (χ0v) is 10.1. The maximum absolute atomic E-state index is 13.6. The maximum atomic E-state index is 13.6. The highest BCUT2D eigenvalue weighted by Crippen LogP contribution is 2.35. The summed E-state index contributed by atoms with van der Waals surface area (Å²) in [6, 6.07) is 2.41. The number of pyridine rings is 1. The molecule has 2 rings (SSSR count). The summed E-state index contributed by atoms with van der Waals surface area (Å²) in [7, 11) is 0. The van der Waals surface area contributed by atoms with E-state index >= 15 is 0 Å². The molecule has 92 valence electrons. The molecule has 0 N–H and O–H groups in total. The van der Waals surface area contributed by atoms with Crippen LogP contribution in [0.15, 0.2) is 21.7 Å². The molecule has 0 saturated carbocycles. The van der Waals surface area contributed by atoms with Crippen LogP contribution < -0.4 is 0 Å². The van der Waals surface area contributed by atoms with Crippen molar-refractivity contribution in [2.75, 3.05) is 13.2 Å². The van der Waals surface area contributed by atoms with Crippen molar-refractivity contribution in [3.63, 3.8) is 0 Å². The molecule has 1 aliphatic rings. The fraction of sp³-hybridized carbons (Fsp3) is 0.400. The summed E-state index contributed by atoms with van der Waals surface area (Å²) in [5.41, 5.74) is -2.45. The number of alkyl halides is 2. The molecule has 0 spiro atoms. The third kappa shape index (κ3) is 2.21. The Hall–Kier alpha value is -0.950. The average molecular weight is 309 g/mol. The molecule has 0 bridgehead atoms. The molecule has 0 amide bonds. The van der Waals surface area contributed by atoms with Gasteiger partial charge < -0.3 is 4.74 Å². The second kappa shape index (κ2) is 4.73. The first-order valence-electron chi connectivity index (χ1n) is 4.78. The highest BCUT2D eigenvalue weighted by atomic mass is 79.9. The van der Waals surface area contributed by atoms with Crippen LogP contribution in [0.5, 0.6) is 0 Å². The van der Waals surface area contributed by atoms with E-state index in [0.717, 1.165) is 6.07 Å². The van der Waals surface area contributed by atoms with E-state index in [9.17, 15) is 13.2 Å². The molecular formula is C10H8BrF3N2O. The van der Waals surface area contributed by atoms with E-state index in [-0.39, 0.29) is 17.8 Å². The summed E-state index contributed by atoms with van der Waals surface area (Å²) in [5.74, 6) is -0.823. The first-order valence-corrected chi connectivity index (χ1v) is 5.57. The molecule has 0 aromatic carbocycles. The first-order chi connectivity index (χ1) is 8.06. The quantitative estimate of drug-likeness (QED) is 0.787. The molecule has 0 fully saturated rings. The minimum Gasteiger partial charge on any atom is -0.373 e. The molecule has 7 heteroatoms. The van der Waals surface area contributed by atoms with Crippen molar-refractivity contribution in [2.45, 2.75) is 12.0 Å². The Morgan fingerprint density at radius 3 is 2.76 bits per heavy atom. The van der Waals surface area contributed by atoms with E-state index in [4.69, 9.17) is 4.74 Å². The summed E-state index contributed by atoms with van der Waals surface area (Å²) in [6.07, 6.45) is -1.69. The SMILES string of the molecule is Fc1ccc(Br)nc1[C@]1(C(F)F)COCC=N1. The van der Waals surface area contributed by atoms with Crippen LogP contribution in [0.2, 0.25) is 0 Å². The van der Waals surface area contributed by atoms with Gasteiger partial charge in [0.05, 0.1) is 13.2 Å². The molecule has 1 atom stereocenters. The number of halogens is 4. The van der Waals surface area contributed by atoms with Crippen LogP contribution in [-0.4, -0.2) is 30.8 Å². The van der Waals surface area contributed by atoms with Gasteiger partial charge in [0.25, 0.3) is 6.43 Å². The number of aliphatic imine (C=N–C) groups is 1. The van der Waals surface area contributed by atoms with Crippen LogP contribution in [0.4, 0.5) is 13.2 Å². The van der Waals surface area contributed by atoms with Gasteiger partial charge in [-0.05, 0) is 28.1 Å². The summed E-state index contributed by atoms with van der Waals surface area (Å²) >= 11 is 3.02. The van der Waals surface area contributed by atoms with Crippen LogP contribution >= 0.6 is 15.9 Å². The molecule has 1 aliphatic heterocycles. The normalized spacial score (nSPS) is 24.3. The molecule has 0 saturated heterocycles. The van der Waals surface area contributed by atoms with Gasteiger partial charge in [-0.3, -0.25) is 4.99 Å². The molecule has 17 heavy (non-hydrogen) atoms. The Labute approximate surface area is 104 Å². The van der Waals surface area contributed by atoms with Gasteiger partial charge in [0.2, 0.25) is 0 Å². The van der Waals surface area contributed by atoms with E-state index in [0.29, 0.717) is 0 Å². The average Bonchev–Trinajstić information content (AvgIpc) is 2.33. The fourth-order valence-corrected chi connectivity index (χ4v) is 1.89. The van der Waals surface area contributed by atoms with E-state index in [2.05, 4.69) is 25.9 Å². The van der Waals surface area contributed by atoms with Gasteiger partial charge in [-0.2, -0.15) is 0 Å². The van der Waals surface area contributed by atoms with Gasteiger partial charge in [0, 0.05) is 6.21 Å². The molecule has 2 heterocycles. The maximum Gasteiger partial charge on any atom is 0.271 e. The Kier molecular flexibility index (Phi) is 3.48. The van der Waals surface area contributed by atoms with Crippen molar-refractivity contribution in [2.24, 2.45) is 4.99 Å². The second-order valence-electron chi connectivity index (χ2n) is 3.52. The predicted octanol–water partition coefficient (Wildman–Crippen LogP) is 2.54. The summed E-state index contributed by atoms with van der Waals surface area (Å²) in [6.45, 7) is -0.244. The van der Waals surface area contributed by atoms with E-state index in [1.165, 1.54) is 12.3 Å². The highest BCUT2D eigenvalue weighted by Gasteiger charge is 2.46. The summed E-state index contributed by atoms with van der Waals surface area (Å²) in [5, 5.41) is 0. The molecular weight excluding hydrogens is 301 g/mol. The molecule has 1 aromatic rings. The molecule has 0 unspecified atom stereocenters. The Balaban J connectivity index is 2.56. The number of hydrogen-bond donors (Lipinski definition) is 0. The number of aromatic nitrogens is 1. The standard InChI is InChI=1S/C10H8BrF3N2O/c11-7-2-1-6(12)8(16-7)10(9(13)14)5-17-4-3-15-10/h1-3,9H,4-5H2/t10-/m0/s1. The number of ether oxygens (including phenoxy) is 1. The first kappa shape index (κ1) is 12.5. The molecule has 0 aliphatic carbocycles. The van der Waals surface area contributed by atoms with Crippen molar-refractivity contribution >= 4 is 22.1 Å². The van der Waals surface area contributed by atoms with Crippen LogP contribution in [0.1, 0.15) is 5.69 Å².